The first-order valence-corrected chi connectivity index (χ1v) is 7.18. The van der Waals surface area contributed by atoms with E-state index in [1.165, 1.54) is 0 Å². The van der Waals surface area contributed by atoms with Gasteiger partial charge in [-0.25, -0.2) is 0 Å². The lowest BCUT2D eigenvalue weighted by molar-refractivity contribution is -0.135. The molecule has 0 fully saturated rings. The van der Waals surface area contributed by atoms with E-state index in [1.807, 2.05) is 4.90 Å². The zero-order valence-corrected chi connectivity index (χ0v) is 11.8. The molecule has 0 aliphatic carbocycles. The third-order valence-electron chi connectivity index (χ3n) is 2.78. The highest BCUT2D eigenvalue weighted by Gasteiger charge is 2.20. The molecule has 0 heterocycles. The Morgan fingerprint density at radius 2 is 1.80 bits per heavy atom. The molecule has 0 aliphatic rings. The fraction of sp³-hybridized carbons (Fsp3) is 0.917. The van der Waals surface area contributed by atoms with E-state index in [0.29, 0.717) is 5.91 Å². The smallest absolute Gasteiger partial charge is 0.225 e. The van der Waals surface area contributed by atoms with Crippen LogP contribution in [0.2, 0.25) is 0 Å². The summed E-state index contributed by atoms with van der Waals surface area (Å²) in [4.78, 5) is 14.1. The van der Waals surface area contributed by atoms with Gasteiger partial charge in [0.1, 0.15) is 0 Å². The number of nitrogens with zero attached hydrogens (tertiary/aromatic N) is 1. The summed E-state index contributed by atoms with van der Waals surface area (Å²) in [6.07, 6.45) is 4.17. The number of halogens is 1. The van der Waals surface area contributed by atoms with Gasteiger partial charge in [0, 0.05) is 24.3 Å². The number of alkyl halides is 1. The zero-order valence-electron chi connectivity index (χ0n) is 10.3. The fourth-order valence-electron chi connectivity index (χ4n) is 1.68. The Kier molecular flexibility index (Phi) is 9.17. The quantitative estimate of drug-likeness (QED) is 0.623. The predicted octanol–water partition coefficient (Wildman–Crippen LogP) is 3.45. The van der Waals surface area contributed by atoms with Gasteiger partial charge in [-0.2, -0.15) is 0 Å². The van der Waals surface area contributed by atoms with E-state index in [-0.39, 0.29) is 5.92 Å². The van der Waals surface area contributed by atoms with Crippen LogP contribution in [0.25, 0.3) is 0 Å². The van der Waals surface area contributed by atoms with Gasteiger partial charge < -0.3 is 4.90 Å². The molecule has 0 aromatic carbocycles. The van der Waals surface area contributed by atoms with Gasteiger partial charge in [-0.3, -0.25) is 4.79 Å². The van der Waals surface area contributed by atoms with Gasteiger partial charge in [-0.15, -0.1) is 0 Å². The van der Waals surface area contributed by atoms with Crippen molar-refractivity contribution in [3.63, 3.8) is 0 Å². The van der Waals surface area contributed by atoms with Crippen LogP contribution in [0.4, 0.5) is 0 Å². The molecular formula is C12H24BrNO. The first-order valence-electron chi connectivity index (χ1n) is 6.05. The van der Waals surface area contributed by atoms with Crippen LogP contribution < -0.4 is 0 Å². The number of hydrogen-bond acceptors (Lipinski definition) is 1. The molecule has 90 valence electrons. The van der Waals surface area contributed by atoms with Gasteiger partial charge in [-0.05, 0) is 19.3 Å². The van der Waals surface area contributed by atoms with Crippen LogP contribution in [0, 0.1) is 5.92 Å². The summed E-state index contributed by atoms with van der Waals surface area (Å²) in [6, 6.07) is 0. The molecule has 0 aromatic heterocycles. The van der Waals surface area contributed by atoms with Gasteiger partial charge in [0.25, 0.3) is 0 Å². The number of rotatable bonds is 8. The zero-order chi connectivity index (χ0) is 11.7. The highest BCUT2D eigenvalue weighted by atomic mass is 79.9. The number of carbonyl (C=O) groups is 1. The largest absolute Gasteiger partial charge is 0.342 e. The molecule has 0 aromatic rings. The second-order valence-corrected chi connectivity index (χ2v) is 4.67. The van der Waals surface area contributed by atoms with E-state index in [0.717, 1.165) is 44.1 Å². The van der Waals surface area contributed by atoms with Crippen molar-refractivity contribution in [2.24, 2.45) is 5.92 Å². The van der Waals surface area contributed by atoms with E-state index in [4.69, 9.17) is 0 Å². The number of hydrogen-bond donors (Lipinski definition) is 0. The van der Waals surface area contributed by atoms with E-state index in [9.17, 15) is 4.79 Å². The van der Waals surface area contributed by atoms with Gasteiger partial charge >= 0.3 is 0 Å². The fourth-order valence-corrected chi connectivity index (χ4v) is 2.11. The monoisotopic (exact) mass is 277 g/mol. The van der Waals surface area contributed by atoms with Crippen LogP contribution in [0.5, 0.6) is 0 Å². The normalized spacial score (nSPS) is 10.7. The minimum Gasteiger partial charge on any atom is -0.342 e. The van der Waals surface area contributed by atoms with Crippen molar-refractivity contribution in [2.75, 3.05) is 18.4 Å². The molecule has 0 spiro atoms. The molecule has 0 unspecified atom stereocenters. The van der Waals surface area contributed by atoms with Crippen molar-refractivity contribution in [1.82, 2.24) is 4.90 Å². The van der Waals surface area contributed by atoms with Crippen LogP contribution in [-0.4, -0.2) is 29.2 Å². The molecule has 3 heteroatoms. The van der Waals surface area contributed by atoms with Gasteiger partial charge in [0.05, 0.1) is 0 Å². The molecule has 0 N–H and O–H groups in total. The van der Waals surface area contributed by atoms with Gasteiger partial charge in [0.15, 0.2) is 0 Å². The second kappa shape index (κ2) is 9.20. The summed E-state index contributed by atoms with van der Waals surface area (Å²) in [5.41, 5.74) is 0. The van der Waals surface area contributed by atoms with Crippen LogP contribution in [0.1, 0.15) is 46.5 Å². The number of unbranched alkanes of at least 4 members (excludes halogenated alkanes) is 1. The summed E-state index contributed by atoms with van der Waals surface area (Å²) >= 11 is 3.41. The Bertz CT molecular complexity index is 169. The Hall–Kier alpha value is -0.0500. The molecule has 0 atom stereocenters. The van der Waals surface area contributed by atoms with Crippen LogP contribution in [0.3, 0.4) is 0 Å². The highest BCUT2D eigenvalue weighted by Crippen LogP contribution is 2.12. The lowest BCUT2D eigenvalue weighted by atomic mass is 10.0. The summed E-state index contributed by atoms with van der Waals surface area (Å²) < 4.78 is 0. The molecular weight excluding hydrogens is 254 g/mol. The van der Waals surface area contributed by atoms with E-state index in [1.54, 1.807) is 0 Å². The van der Waals surface area contributed by atoms with Crippen molar-refractivity contribution in [3.05, 3.63) is 0 Å². The molecule has 1 amide bonds. The van der Waals surface area contributed by atoms with Crippen molar-refractivity contribution >= 4 is 21.8 Å². The molecule has 0 radical (unpaired) electrons. The topological polar surface area (TPSA) is 20.3 Å². The molecule has 0 saturated heterocycles. The summed E-state index contributed by atoms with van der Waals surface area (Å²) in [5, 5.41) is 0.878. The molecule has 15 heavy (non-hydrogen) atoms. The standard InChI is InChI=1S/C12H24BrNO/c1-4-7-9-14(10-8-13)12(15)11(5-2)6-3/h11H,4-10H2,1-3H3. The molecule has 0 saturated carbocycles. The minimum absolute atomic E-state index is 0.223. The van der Waals surface area contributed by atoms with E-state index >= 15 is 0 Å². The third-order valence-corrected chi connectivity index (χ3v) is 3.14. The van der Waals surface area contributed by atoms with Crippen molar-refractivity contribution in [2.45, 2.75) is 46.5 Å². The third kappa shape index (κ3) is 5.55. The average Bonchev–Trinajstić information content (AvgIpc) is 2.25. The average molecular weight is 278 g/mol. The van der Waals surface area contributed by atoms with E-state index in [2.05, 4.69) is 36.7 Å². The molecule has 0 aliphatic heterocycles. The van der Waals surface area contributed by atoms with Crippen LogP contribution >= 0.6 is 15.9 Å². The summed E-state index contributed by atoms with van der Waals surface area (Å²) in [7, 11) is 0. The lowest BCUT2D eigenvalue weighted by Crippen LogP contribution is -2.37. The number of amides is 1. The number of carbonyl (C=O) groups excluding carboxylic acids is 1. The van der Waals surface area contributed by atoms with Gasteiger partial charge in [-0.1, -0.05) is 43.1 Å². The first kappa shape index (κ1) is 14.9. The summed E-state index contributed by atoms with van der Waals surface area (Å²) in [6.45, 7) is 8.11. The Morgan fingerprint density at radius 3 is 2.20 bits per heavy atom. The van der Waals surface area contributed by atoms with Crippen molar-refractivity contribution < 1.29 is 4.79 Å². The maximum atomic E-state index is 12.1. The SMILES string of the molecule is CCCCN(CCBr)C(=O)C(CC)CC. The Labute approximate surface area is 103 Å². The summed E-state index contributed by atoms with van der Waals surface area (Å²) in [5.74, 6) is 0.564. The second-order valence-electron chi connectivity index (χ2n) is 3.88. The minimum atomic E-state index is 0.223. The van der Waals surface area contributed by atoms with Crippen LogP contribution in [-0.2, 0) is 4.79 Å². The molecule has 0 rings (SSSR count). The maximum Gasteiger partial charge on any atom is 0.225 e. The van der Waals surface area contributed by atoms with Gasteiger partial charge in [0.2, 0.25) is 5.91 Å². The molecule has 2 nitrogen and oxygen atoms in total. The first-order chi connectivity index (χ1) is 7.21. The van der Waals surface area contributed by atoms with Crippen LogP contribution in [0.15, 0.2) is 0 Å². The molecule has 0 bridgehead atoms. The Morgan fingerprint density at radius 1 is 1.20 bits per heavy atom. The van der Waals surface area contributed by atoms with Crippen molar-refractivity contribution in [3.8, 4) is 0 Å². The van der Waals surface area contributed by atoms with Crippen molar-refractivity contribution in [1.29, 1.82) is 0 Å². The predicted molar refractivity (Wildman–Crippen MR) is 69.4 cm³/mol. The lowest BCUT2D eigenvalue weighted by Gasteiger charge is -2.25. The Balaban J connectivity index is 4.24. The maximum absolute atomic E-state index is 12.1. The highest BCUT2D eigenvalue weighted by molar-refractivity contribution is 9.09. The van der Waals surface area contributed by atoms with E-state index < -0.39 is 0 Å².